The average molecular weight is 713 g/mol. The molecule has 0 amide bonds. The minimum atomic E-state index is 0.191. The first kappa shape index (κ1) is 32.9. The van der Waals surface area contributed by atoms with Crippen LogP contribution in [0.3, 0.4) is 0 Å². The molecule has 12 rings (SSSR count). The predicted octanol–water partition coefficient (Wildman–Crippen LogP) is 10.5. The molecule has 53 heavy (non-hydrogen) atoms. The molecule has 15 atom stereocenters. The third-order valence-corrected chi connectivity index (χ3v) is 17.8. The molecule has 12 aliphatic rings. The SMILES string of the molecule is C1=CC2OC3C(N4C5=C(CCCC5)C5C=CC=CC54)CCCC3C3(C2C=C1)C1CCCCC1OC1C(N2C4=C(C=CCC4)C4CCCCC42)CCCC13. The summed E-state index contributed by atoms with van der Waals surface area (Å²) in [7, 11) is 0. The number of ether oxygens (including phenoxy) is 2. The molecule has 4 nitrogen and oxygen atoms in total. The maximum atomic E-state index is 7.83. The van der Waals surface area contributed by atoms with Gasteiger partial charge in [-0.2, -0.15) is 0 Å². The van der Waals surface area contributed by atoms with Gasteiger partial charge in [-0.15, -0.1) is 0 Å². The van der Waals surface area contributed by atoms with Gasteiger partial charge in [-0.25, -0.2) is 0 Å². The molecule has 4 heteroatoms. The van der Waals surface area contributed by atoms with E-state index in [2.05, 4.69) is 70.6 Å². The van der Waals surface area contributed by atoms with Crippen molar-refractivity contribution in [3.8, 4) is 0 Å². The molecule has 15 unspecified atom stereocenters. The standard InChI is InChI=1S/C49H64N2O2/c1-7-23-39-31(15-1)32-16-2-8-24-40(32)50(39)43-27-13-21-37-47(43)52-45-29-11-5-19-35(45)49(37)36-20-6-12-30-46(36)53-48-38(49)22-14-28-44(48)51-41-25-9-3-17-33(41)34-18-4-10-26-42(34)51/h1,3,5,7,11,15,17,19,23,29,31,34-39,42-48H,2,4,6,8-10,12-14,16,18,20-22,24-28,30H2. The van der Waals surface area contributed by atoms with Crippen molar-refractivity contribution in [2.24, 2.45) is 40.9 Å². The highest BCUT2D eigenvalue weighted by Crippen LogP contribution is 2.69. The summed E-state index contributed by atoms with van der Waals surface area (Å²) in [6, 6.07) is 2.20. The van der Waals surface area contributed by atoms with E-state index in [1.165, 1.54) is 128 Å². The zero-order valence-corrected chi connectivity index (χ0v) is 32.2. The van der Waals surface area contributed by atoms with Crippen LogP contribution >= 0.6 is 0 Å². The molecule has 0 radical (unpaired) electrons. The number of allylic oxidation sites excluding steroid dienone is 8. The van der Waals surface area contributed by atoms with E-state index in [4.69, 9.17) is 9.47 Å². The van der Waals surface area contributed by atoms with Gasteiger partial charge in [0.05, 0.1) is 42.5 Å². The van der Waals surface area contributed by atoms with Crippen LogP contribution in [0.25, 0.3) is 0 Å². The second-order valence-corrected chi connectivity index (χ2v) is 19.7. The molecule has 4 aliphatic heterocycles. The lowest BCUT2D eigenvalue weighted by Gasteiger charge is -2.70. The summed E-state index contributed by atoms with van der Waals surface area (Å²) < 4.78 is 15.6. The molecule has 0 aromatic heterocycles. The summed E-state index contributed by atoms with van der Waals surface area (Å²) in [5.74, 6) is 3.66. The van der Waals surface area contributed by atoms with E-state index in [1.54, 1.807) is 22.5 Å². The lowest BCUT2D eigenvalue weighted by atomic mass is 9.42. The van der Waals surface area contributed by atoms with Gasteiger partial charge in [-0.1, -0.05) is 99.3 Å². The highest BCUT2D eigenvalue weighted by Gasteiger charge is 2.70. The van der Waals surface area contributed by atoms with Crippen LogP contribution in [-0.4, -0.2) is 58.4 Å². The fraction of sp³-hybridized carbons (Fsp3) is 0.714. The van der Waals surface area contributed by atoms with Gasteiger partial charge in [-0.3, -0.25) is 0 Å². The Labute approximate surface area is 319 Å². The van der Waals surface area contributed by atoms with Gasteiger partial charge in [0, 0.05) is 35.2 Å². The number of rotatable bonds is 2. The summed E-state index contributed by atoms with van der Waals surface area (Å²) >= 11 is 0. The van der Waals surface area contributed by atoms with Crippen molar-refractivity contribution in [1.82, 2.24) is 9.80 Å². The van der Waals surface area contributed by atoms with Crippen molar-refractivity contribution in [1.29, 1.82) is 0 Å². The number of hydrogen-bond acceptors (Lipinski definition) is 4. The van der Waals surface area contributed by atoms with Crippen LogP contribution < -0.4 is 0 Å². The van der Waals surface area contributed by atoms with Gasteiger partial charge in [0.2, 0.25) is 0 Å². The zero-order valence-electron chi connectivity index (χ0n) is 32.2. The second-order valence-electron chi connectivity index (χ2n) is 19.7. The van der Waals surface area contributed by atoms with Gasteiger partial charge in [0.25, 0.3) is 0 Å². The topological polar surface area (TPSA) is 24.9 Å². The monoisotopic (exact) mass is 712 g/mol. The van der Waals surface area contributed by atoms with Gasteiger partial charge in [0.15, 0.2) is 0 Å². The maximum absolute atomic E-state index is 7.83. The van der Waals surface area contributed by atoms with E-state index in [0.29, 0.717) is 72.1 Å². The van der Waals surface area contributed by atoms with E-state index >= 15 is 0 Å². The van der Waals surface area contributed by atoms with E-state index in [-0.39, 0.29) is 11.5 Å². The highest BCUT2D eigenvalue weighted by atomic mass is 16.5. The van der Waals surface area contributed by atoms with Crippen molar-refractivity contribution >= 4 is 0 Å². The van der Waals surface area contributed by atoms with Gasteiger partial charge < -0.3 is 19.3 Å². The Bertz CT molecular complexity index is 1700. The zero-order chi connectivity index (χ0) is 34.7. The third-order valence-electron chi connectivity index (χ3n) is 17.8. The van der Waals surface area contributed by atoms with Crippen LogP contribution in [0.15, 0.2) is 83.3 Å². The van der Waals surface area contributed by atoms with Crippen LogP contribution in [0.2, 0.25) is 0 Å². The van der Waals surface area contributed by atoms with Crippen molar-refractivity contribution < 1.29 is 9.47 Å². The Hall–Kier alpha value is -2.30. The summed E-state index contributed by atoms with van der Waals surface area (Å²) in [4.78, 5) is 6.12. The fourth-order valence-electron chi connectivity index (χ4n) is 16.4. The minimum Gasteiger partial charge on any atom is -0.372 e. The Morgan fingerprint density at radius 1 is 0.566 bits per heavy atom. The summed E-state index contributed by atoms with van der Waals surface area (Å²) in [5.41, 5.74) is 7.22. The van der Waals surface area contributed by atoms with E-state index in [0.717, 1.165) is 5.92 Å². The molecule has 8 aliphatic carbocycles. The van der Waals surface area contributed by atoms with Crippen molar-refractivity contribution in [2.75, 3.05) is 0 Å². The first-order valence-corrected chi connectivity index (χ1v) is 23.0. The molecule has 4 heterocycles. The molecule has 4 saturated carbocycles. The van der Waals surface area contributed by atoms with Gasteiger partial charge in [0.1, 0.15) is 0 Å². The normalized spacial score (nSPS) is 49.2. The summed E-state index contributed by atoms with van der Waals surface area (Å²) in [5, 5.41) is 0. The first-order valence-electron chi connectivity index (χ1n) is 23.0. The number of nitrogens with zero attached hydrogens (tertiary/aromatic N) is 2. The van der Waals surface area contributed by atoms with Crippen molar-refractivity contribution in [3.05, 3.63) is 83.3 Å². The molecular weight excluding hydrogens is 649 g/mol. The van der Waals surface area contributed by atoms with E-state index in [9.17, 15) is 0 Å². The summed E-state index contributed by atoms with van der Waals surface area (Å²) in [6.07, 6.45) is 52.8. The lowest BCUT2D eigenvalue weighted by molar-refractivity contribution is -0.308. The quantitative estimate of drug-likeness (QED) is 0.285. The molecule has 0 N–H and O–H groups in total. The smallest absolute Gasteiger partial charge is 0.0832 e. The third kappa shape index (κ3) is 4.66. The predicted molar refractivity (Wildman–Crippen MR) is 212 cm³/mol. The largest absolute Gasteiger partial charge is 0.372 e. The molecule has 6 fully saturated rings. The second kappa shape index (κ2) is 12.9. The molecule has 1 spiro atoms. The molecule has 282 valence electrons. The maximum Gasteiger partial charge on any atom is 0.0832 e. The lowest BCUT2D eigenvalue weighted by Crippen LogP contribution is -2.73. The van der Waals surface area contributed by atoms with Crippen LogP contribution in [0.1, 0.15) is 128 Å². The van der Waals surface area contributed by atoms with E-state index < -0.39 is 0 Å². The molecule has 0 aromatic carbocycles. The average Bonchev–Trinajstić information content (AvgIpc) is 3.73. The molecular formula is C49H64N2O2. The fourth-order valence-corrected chi connectivity index (χ4v) is 16.4. The van der Waals surface area contributed by atoms with Crippen molar-refractivity contribution in [2.45, 2.75) is 177 Å². The minimum absolute atomic E-state index is 0.191. The van der Waals surface area contributed by atoms with Crippen LogP contribution in [0, 0.1) is 40.9 Å². The van der Waals surface area contributed by atoms with Crippen LogP contribution in [0.4, 0.5) is 0 Å². The molecule has 2 saturated heterocycles. The Kier molecular flexibility index (Phi) is 7.99. The molecule has 0 aromatic rings. The Morgan fingerprint density at radius 2 is 1.28 bits per heavy atom. The Morgan fingerprint density at radius 3 is 2.21 bits per heavy atom. The van der Waals surface area contributed by atoms with Crippen molar-refractivity contribution in [3.63, 3.8) is 0 Å². The van der Waals surface area contributed by atoms with Crippen LogP contribution in [0.5, 0.6) is 0 Å². The summed E-state index contributed by atoms with van der Waals surface area (Å²) in [6.45, 7) is 0. The highest BCUT2D eigenvalue weighted by molar-refractivity contribution is 5.40. The Balaban J connectivity index is 0.986. The number of hydrogen-bond donors (Lipinski definition) is 0. The van der Waals surface area contributed by atoms with Crippen LogP contribution in [-0.2, 0) is 9.47 Å². The van der Waals surface area contributed by atoms with E-state index in [1.807, 2.05) is 0 Å². The van der Waals surface area contributed by atoms with Gasteiger partial charge >= 0.3 is 0 Å². The van der Waals surface area contributed by atoms with Gasteiger partial charge in [-0.05, 0) is 124 Å². The molecule has 0 bridgehead atoms. The first-order chi connectivity index (χ1) is 26.3. The number of fused-ring (bicyclic) bond motifs is 12.